The summed E-state index contributed by atoms with van der Waals surface area (Å²) < 4.78 is 12.7. The van der Waals surface area contributed by atoms with Crippen molar-refractivity contribution in [3.05, 3.63) is 60.0 Å². The normalized spacial score (nSPS) is 13.6. The van der Waals surface area contributed by atoms with E-state index in [0.717, 1.165) is 29.7 Å². The Morgan fingerprint density at radius 1 is 1.19 bits per heavy atom. The lowest BCUT2D eigenvalue weighted by atomic mass is 10.1. The van der Waals surface area contributed by atoms with Gasteiger partial charge in [-0.05, 0) is 42.7 Å². The van der Waals surface area contributed by atoms with E-state index in [1.807, 2.05) is 58.1 Å². The van der Waals surface area contributed by atoms with Gasteiger partial charge in [-0.2, -0.15) is 0 Å². The number of carbonyl (C=O) groups is 1. The molecule has 3 aromatic rings. The van der Waals surface area contributed by atoms with Crippen LogP contribution in [0, 0.1) is 0 Å². The summed E-state index contributed by atoms with van der Waals surface area (Å²) in [6, 6.07) is 11.9. The molecule has 6 heteroatoms. The van der Waals surface area contributed by atoms with Gasteiger partial charge in [0.25, 0.3) is 0 Å². The summed E-state index contributed by atoms with van der Waals surface area (Å²) in [5.74, 6) is 1.43. The van der Waals surface area contributed by atoms with E-state index in [2.05, 4.69) is 4.98 Å². The van der Waals surface area contributed by atoms with E-state index in [0.29, 0.717) is 30.5 Å². The van der Waals surface area contributed by atoms with Crippen molar-refractivity contribution in [3.63, 3.8) is 0 Å². The molecular formula is C21H23N3O3. The highest BCUT2D eigenvalue weighted by Gasteiger charge is 2.33. The minimum Gasteiger partial charge on any atom is -0.493 e. The summed E-state index contributed by atoms with van der Waals surface area (Å²) in [6.45, 7) is 0.571. The number of hydrogen-bond acceptors (Lipinski definition) is 4. The first kappa shape index (κ1) is 17.4. The standard InChI is InChI=1S/C21H23N3O3/c1-26-18-9-6-15(11-19(18)27-2)12-21(25)24(16-7-8-16)14-17-13-22-20-5-3-4-10-23(17)20/h3-6,9-11,13,16H,7-8,12,14H2,1-2H3. The Kier molecular flexibility index (Phi) is 4.71. The van der Waals surface area contributed by atoms with Gasteiger partial charge in [0.15, 0.2) is 11.5 Å². The van der Waals surface area contributed by atoms with Gasteiger partial charge in [0.1, 0.15) is 5.65 Å². The summed E-state index contributed by atoms with van der Waals surface area (Å²) in [4.78, 5) is 19.4. The highest BCUT2D eigenvalue weighted by atomic mass is 16.5. The third-order valence-corrected chi connectivity index (χ3v) is 4.94. The molecule has 0 saturated heterocycles. The Morgan fingerprint density at radius 2 is 2.00 bits per heavy atom. The fraction of sp³-hybridized carbons (Fsp3) is 0.333. The van der Waals surface area contributed by atoms with Crippen LogP contribution >= 0.6 is 0 Å². The van der Waals surface area contributed by atoms with E-state index in [9.17, 15) is 4.79 Å². The van der Waals surface area contributed by atoms with E-state index in [1.54, 1.807) is 14.2 Å². The number of aromatic nitrogens is 2. The van der Waals surface area contributed by atoms with Crippen LogP contribution in [0.5, 0.6) is 11.5 Å². The van der Waals surface area contributed by atoms with Crippen molar-refractivity contribution in [2.75, 3.05) is 14.2 Å². The van der Waals surface area contributed by atoms with Gasteiger partial charge < -0.3 is 18.8 Å². The zero-order valence-electron chi connectivity index (χ0n) is 15.6. The molecule has 6 nitrogen and oxygen atoms in total. The van der Waals surface area contributed by atoms with E-state index in [1.165, 1.54) is 0 Å². The number of imidazole rings is 1. The number of pyridine rings is 1. The third kappa shape index (κ3) is 3.60. The van der Waals surface area contributed by atoms with Gasteiger partial charge in [0.05, 0.1) is 39.1 Å². The molecule has 2 aromatic heterocycles. The molecule has 0 bridgehead atoms. The van der Waals surface area contributed by atoms with Gasteiger partial charge in [0, 0.05) is 12.2 Å². The lowest BCUT2D eigenvalue weighted by Crippen LogP contribution is -2.34. The van der Waals surface area contributed by atoms with Crippen molar-refractivity contribution in [2.45, 2.75) is 31.8 Å². The fourth-order valence-corrected chi connectivity index (χ4v) is 3.35. The number of rotatable bonds is 7. The first-order valence-electron chi connectivity index (χ1n) is 9.11. The molecule has 0 N–H and O–H groups in total. The molecule has 140 valence electrons. The van der Waals surface area contributed by atoms with E-state index in [-0.39, 0.29) is 5.91 Å². The molecule has 2 heterocycles. The monoisotopic (exact) mass is 365 g/mol. The lowest BCUT2D eigenvalue weighted by molar-refractivity contribution is -0.131. The summed E-state index contributed by atoms with van der Waals surface area (Å²) in [7, 11) is 3.21. The summed E-state index contributed by atoms with van der Waals surface area (Å²) in [5, 5.41) is 0. The third-order valence-electron chi connectivity index (χ3n) is 4.94. The average Bonchev–Trinajstić information content (AvgIpc) is 3.46. The Bertz CT molecular complexity index is 962. The topological polar surface area (TPSA) is 56.1 Å². The molecule has 4 rings (SSSR count). The number of fused-ring (bicyclic) bond motifs is 1. The van der Waals surface area contributed by atoms with E-state index < -0.39 is 0 Å². The summed E-state index contributed by atoms with van der Waals surface area (Å²) in [6.07, 6.45) is 6.31. The van der Waals surface area contributed by atoms with Crippen molar-refractivity contribution in [2.24, 2.45) is 0 Å². The number of nitrogens with zero attached hydrogens (tertiary/aromatic N) is 3. The van der Waals surface area contributed by atoms with Crippen LogP contribution in [0.4, 0.5) is 0 Å². The maximum Gasteiger partial charge on any atom is 0.227 e. The van der Waals surface area contributed by atoms with Gasteiger partial charge in [0.2, 0.25) is 5.91 Å². The molecule has 1 fully saturated rings. The van der Waals surface area contributed by atoms with Crippen molar-refractivity contribution >= 4 is 11.6 Å². The van der Waals surface area contributed by atoms with Gasteiger partial charge >= 0.3 is 0 Å². The molecule has 27 heavy (non-hydrogen) atoms. The van der Waals surface area contributed by atoms with Crippen LogP contribution in [0.15, 0.2) is 48.8 Å². The number of benzene rings is 1. The van der Waals surface area contributed by atoms with Gasteiger partial charge in [-0.25, -0.2) is 4.98 Å². The Hall–Kier alpha value is -3.02. The number of ether oxygens (including phenoxy) is 2. The molecule has 1 amide bonds. The molecule has 0 unspecified atom stereocenters. The number of methoxy groups -OCH3 is 2. The molecule has 0 atom stereocenters. The second kappa shape index (κ2) is 7.31. The highest BCUT2D eigenvalue weighted by molar-refractivity contribution is 5.79. The number of carbonyl (C=O) groups excluding carboxylic acids is 1. The smallest absolute Gasteiger partial charge is 0.227 e. The second-order valence-corrected chi connectivity index (χ2v) is 6.80. The molecule has 1 aliphatic carbocycles. The largest absolute Gasteiger partial charge is 0.493 e. The zero-order valence-corrected chi connectivity index (χ0v) is 15.6. The minimum atomic E-state index is 0.121. The van der Waals surface area contributed by atoms with Crippen molar-refractivity contribution in [1.29, 1.82) is 0 Å². The maximum absolute atomic E-state index is 13.0. The highest BCUT2D eigenvalue weighted by Crippen LogP contribution is 2.31. The first-order chi connectivity index (χ1) is 13.2. The molecule has 1 aromatic carbocycles. The lowest BCUT2D eigenvalue weighted by Gasteiger charge is -2.22. The Morgan fingerprint density at radius 3 is 2.74 bits per heavy atom. The minimum absolute atomic E-state index is 0.121. The maximum atomic E-state index is 13.0. The predicted molar refractivity (Wildman–Crippen MR) is 102 cm³/mol. The van der Waals surface area contributed by atoms with Gasteiger partial charge in [-0.3, -0.25) is 4.79 Å². The van der Waals surface area contributed by atoms with Crippen LogP contribution in [-0.4, -0.2) is 40.5 Å². The van der Waals surface area contributed by atoms with Crippen LogP contribution in [-0.2, 0) is 17.8 Å². The SMILES string of the molecule is COc1ccc(CC(=O)N(Cc2cnc3ccccn23)C2CC2)cc1OC. The van der Waals surface area contributed by atoms with Crippen LogP contribution in [0.3, 0.4) is 0 Å². The van der Waals surface area contributed by atoms with Gasteiger partial charge in [-0.15, -0.1) is 0 Å². The fourth-order valence-electron chi connectivity index (χ4n) is 3.35. The summed E-state index contributed by atoms with van der Waals surface area (Å²) in [5.41, 5.74) is 2.84. The Balaban J connectivity index is 1.53. The van der Waals surface area contributed by atoms with Crippen LogP contribution < -0.4 is 9.47 Å². The van der Waals surface area contributed by atoms with Crippen LogP contribution in [0.2, 0.25) is 0 Å². The average molecular weight is 365 g/mol. The van der Waals surface area contributed by atoms with E-state index >= 15 is 0 Å². The molecule has 0 radical (unpaired) electrons. The number of hydrogen-bond donors (Lipinski definition) is 0. The van der Waals surface area contributed by atoms with Crippen LogP contribution in [0.1, 0.15) is 24.1 Å². The van der Waals surface area contributed by atoms with Crippen molar-refractivity contribution in [1.82, 2.24) is 14.3 Å². The summed E-state index contributed by atoms with van der Waals surface area (Å²) >= 11 is 0. The van der Waals surface area contributed by atoms with Crippen molar-refractivity contribution < 1.29 is 14.3 Å². The van der Waals surface area contributed by atoms with Crippen LogP contribution in [0.25, 0.3) is 5.65 Å². The number of amides is 1. The molecule has 0 spiro atoms. The quantitative estimate of drug-likeness (QED) is 0.646. The molecular weight excluding hydrogens is 342 g/mol. The van der Waals surface area contributed by atoms with Crippen molar-refractivity contribution in [3.8, 4) is 11.5 Å². The Labute approximate surface area is 158 Å². The molecule has 1 aliphatic rings. The zero-order chi connectivity index (χ0) is 18.8. The predicted octanol–water partition coefficient (Wildman–Crippen LogP) is 3.09. The molecule has 1 saturated carbocycles. The second-order valence-electron chi connectivity index (χ2n) is 6.80. The van der Waals surface area contributed by atoms with E-state index in [4.69, 9.17) is 9.47 Å². The molecule has 0 aliphatic heterocycles. The first-order valence-corrected chi connectivity index (χ1v) is 9.11. The van der Waals surface area contributed by atoms with Gasteiger partial charge in [-0.1, -0.05) is 12.1 Å².